The lowest BCUT2D eigenvalue weighted by atomic mass is 10.1. The van der Waals surface area contributed by atoms with Crippen molar-refractivity contribution in [2.24, 2.45) is 0 Å². The third kappa shape index (κ3) is 3.91. The summed E-state index contributed by atoms with van der Waals surface area (Å²) in [5, 5.41) is 5.98. The molecule has 6 nitrogen and oxygen atoms in total. The fourth-order valence-corrected chi connectivity index (χ4v) is 2.69. The van der Waals surface area contributed by atoms with E-state index in [-0.39, 0.29) is 17.9 Å². The van der Waals surface area contributed by atoms with Gasteiger partial charge in [0, 0.05) is 10.7 Å². The van der Waals surface area contributed by atoms with Crippen molar-refractivity contribution in [3.8, 4) is 11.5 Å². The summed E-state index contributed by atoms with van der Waals surface area (Å²) in [5.41, 5.74) is 1.36. The summed E-state index contributed by atoms with van der Waals surface area (Å²) in [6.07, 6.45) is -0.633. The highest BCUT2D eigenvalue weighted by Gasteiger charge is 2.24. The van der Waals surface area contributed by atoms with Gasteiger partial charge in [0.15, 0.2) is 6.10 Å². The van der Waals surface area contributed by atoms with Crippen molar-refractivity contribution < 1.29 is 19.1 Å². The molecule has 1 unspecified atom stereocenters. The Hall–Kier alpha value is -2.73. The summed E-state index contributed by atoms with van der Waals surface area (Å²) in [6.45, 7) is 5.43. The average molecular weight is 375 g/mol. The first-order valence-corrected chi connectivity index (χ1v) is 8.60. The molecule has 0 saturated heterocycles. The van der Waals surface area contributed by atoms with Gasteiger partial charge in [-0.25, -0.2) is 0 Å². The minimum absolute atomic E-state index is 0.0826. The number of rotatable bonds is 4. The molecule has 1 heterocycles. The van der Waals surface area contributed by atoms with Gasteiger partial charge in [0.1, 0.15) is 11.5 Å². The van der Waals surface area contributed by atoms with E-state index in [1.807, 2.05) is 13.8 Å². The molecule has 3 rings (SSSR count). The molecule has 26 heavy (non-hydrogen) atoms. The number of carbonyl (C=O) groups excluding carboxylic acids is 2. The highest BCUT2D eigenvalue weighted by molar-refractivity contribution is 6.31. The number of amides is 2. The largest absolute Gasteiger partial charge is 0.490 e. The molecule has 2 aromatic rings. The maximum atomic E-state index is 12.7. The number of halogens is 1. The number of nitrogens with one attached hydrogen (secondary N) is 2. The topological polar surface area (TPSA) is 76.7 Å². The normalized spacial score (nSPS) is 15.7. The predicted molar refractivity (Wildman–Crippen MR) is 100 cm³/mol. The number of fused-ring (bicyclic) bond motifs is 1. The van der Waals surface area contributed by atoms with E-state index in [1.54, 1.807) is 43.3 Å². The van der Waals surface area contributed by atoms with Gasteiger partial charge in [-0.3, -0.25) is 9.59 Å². The molecule has 0 radical (unpaired) electrons. The highest BCUT2D eigenvalue weighted by atomic mass is 35.5. The minimum Gasteiger partial charge on any atom is -0.490 e. The van der Waals surface area contributed by atoms with Crippen molar-refractivity contribution in [3.63, 3.8) is 0 Å². The summed E-state index contributed by atoms with van der Waals surface area (Å²) in [4.78, 5) is 24.4. The molecule has 0 bridgehead atoms. The van der Waals surface area contributed by atoms with Gasteiger partial charge in [-0.05, 0) is 57.2 Å². The van der Waals surface area contributed by atoms with Gasteiger partial charge in [-0.1, -0.05) is 11.6 Å². The Morgan fingerprint density at radius 3 is 2.77 bits per heavy atom. The number of benzene rings is 2. The number of anilines is 2. The zero-order valence-corrected chi connectivity index (χ0v) is 15.4. The Morgan fingerprint density at radius 1 is 1.27 bits per heavy atom. The van der Waals surface area contributed by atoms with Crippen LogP contribution in [0.5, 0.6) is 11.5 Å². The molecular weight excluding hydrogens is 356 g/mol. The quantitative estimate of drug-likeness (QED) is 0.844. The Bertz CT molecular complexity index is 867. The van der Waals surface area contributed by atoms with Crippen molar-refractivity contribution in [1.29, 1.82) is 0 Å². The van der Waals surface area contributed by atoms with Crippen LogP contribution in [0.1, 0.15) is 31.1 Å². The Kier molecular flexibility index (Phi) is 5.04. The van der Waals surface area contributed by atoms with Gasteiger partial charge < -0.3 is 20.1 Å². The molecule has 136 valence electrons. The molecule has 0 fully saturated rings. The van der Waals surface area contributed by atoms with Crippen LogP contribution in [0.2, 0.25) is 5.02 Å². The maximum absolute atomic E-state index is 12.7. The van der Waals surface area contributed by atoms with Crippen molar-refractivity contribution in [1.82, 2.24) is 0 Å². The molecule has 0 saturated carbocycles. The van der Waals surface area contributed by atoms with E-state index in [4.69, 9.17) is 21.1 Å². The van der Waals surface area contributed by atoms with Gasteiger partial charge in [0.05, 0.1) is 17.4 Å². The second-order valence-corrected chi connectivity index (χ2v) is 6.66. The smallest absolute Gasteiger partial charge is 0.265 e. The average Bonchev–Trinajstić information content (AvgIpc) is 2.57. The van der Waals surface area contributed by atoms with Crippen molar-refractivity contribution >= 4 is 34.8 Å². The van der Waals surface area contributed by atoms with E-state index in [9.17, 15) is 9.59 Å². The lowest BCUT2D eigenvalue weighted by molar-refractivity contribution is -0.122. The monoisotopic (exact) mass is 374 g/mol. The third-order valence-electron chi connectivity index (χ3n) is 3.72. The fourth-order valence-electron chi connectivity index (χ4n) is 2.52. The molecule has 0 spiro atoms. The van der Waals surface area contributed by atoms with Gasteiger partial charge in [-0.15, -0.1) is 0 Å². The van der Waals surface area contributed by atoms with Crippen LogP contribution in [-0.2, 0) is 4.79 Å². The summed E-state index contributed by atoms with van der Waals surface area (Å²) in [5.74, 6) is 0.412. The first-order valence-electron chi connectivity index (χ1n) is 8.22. The summed E-state index contributed by atoms with van der Waals surface area (Å²) in [6, 6.07) is 9.94. The maximum Gasteiger partial charge on any atom is 0.265 e. The predicted octanol–water partition coefficient (Wildman–Crippen LogP) is 4.10. The van der Waals surface area contributed by atoms with Crippen LogP contribution in [0.4, 0.5) is 11.4 Å². The van der Waals surface area contributed by atoms with Gasteiger partial charge in [0.25, 0.3) is 11.8 Å². The van der Waals surface area contributed by atoms with Crippen LogP contribution in [0, 0.1) is 0 Å². The number of carbonyl (C=O) groups is 2. The highest BCUT2D eigenvalue weighted by Crippen LogP contribution is 2.33. The van der Waals surface area contributed by atoms with Crippen molar-refractivity contribution in [2.45, 2.75) is 33.0 Å². The van der Waals surface area contributed by atoms with Crippen LogP contribution in [0.3, 0.4) is 0 Å². The minimum atomic E-state index is -0.551. The second-order valence-electron chi connectivity index (χ2n) is 6.22. The van der Waals surface area contributed by atoms with Gasteiger partial charge in [-0.2, -0.15) is 0 Å². The first kappa shape index (κ1) is 18.1. The number of hydrogen-bond acceptors (Lipinski definition) is 4. The lowest BCUT2D eigenvalue weighted by Crippen LogP contribution is -2.34. The summed E-state index contributed by atoms with van der Waals surface area (Å²) < 4.78 is 11.2. The standard InChI is InChI=1S/C19H19ClN2O4/c1-10(2)25-16-6-4-12(20)8-14(16)19(24)21-13-5-7-17-15(9-13)22-18(23)11(3)26-17/h4-11H,1-3H3,(H,21,24)(H,22,23). The molecule has 0 aliphatic carbocycles. The molecule has 1 aliphatic heterocycles. The zero-order chi connectivity index (χ0) is 18.8. The van der Waals surface area contributed by atoms with E-state index in [2.05, 4.69) is 10.6 Å². The van der Waals surface area contributed by atoms with E-state index < -0.39 is 6.10 Å². The molecule has 0 aromatic heterocycles. The SMILES string of the molecule is CC(C)Oc1ccc(Cl)cc1C(=O)Nc1ccc2c(c1)NC(=O)C(C)O2. The van der Waals surface area contributed by atoms with E-state index >= 15 is 0 Å². The van der Waals surface area contributed by atoms with E-state index in [0.29, 0.717) is 33.5 Å². The van der Waals surface area contributed by atoms with Crippen LogP contribution < -0.4 is 20.1 Å². The molecule has 7 heteroatoms. The van der Waals surface area contributed by atoms with Crippen molar-refractivity contribution in [2.75, 3.05) is 10.6 Å². The second kappa shape index (κ2) is 7.25. The van der Waals surface area contributed by atoms with E-state index in [1.165, 1.54) is 0 Å². The molecular formula is C19H19ClN2O4. The van der Waals surface area contributed by atoms with Gasteiger partial charge >= 0.3 is 0 Å². The van der Waals surface area contributed by atoms with Crippen LogP contribution in [-0.4, -0.2) is 24.0 Å². The van der Waals surface area contributed by atoms with Crippen LogP contribution in [0.25, 0.3) is 0 Å². The Labute approximate surface area is 156 Å². The van der Waals surface area contributed by atoms with Crippen LogP contribution >= 0.6 is 11.6 Å². The van der Waals surface area contributed by atoms with Gasteiger partial charge in [0.2, 0.25) is 0 Å². The third-order valence-corrected chi connectivity index (χ3v) is 3.95. The molecule has 2 aromatic carbocycles. The zero-order valence-electron chi connectivity index (χ0n) is 14.6. The molecule has 2 amide bonds. The number of ether oxygens (including phenoxy) is 2. The lowest BCUT2D eigenvalue weighted by Gasteiger charge is -2.23. The fraction of sp³-hybridized carbons (Fsp3) is 0.263. The van der Waals surface area contributed by atoms with Crippen LogP contribution in [0.15, 0.2) is 36.4 Å². The Morgan fingerprint density at radius 2 is 2.04 bits per heavy atom. The van der Waals surface area contributed by atoms with Crippen molar-refractivity contribution in [3.05, 3.63) is 47.0 Å². The Balaban J connectivity index is 1.84. The molecule has 1 aliphatic rings. The van der Waals surface area contributed by atoms with E-state index in [0.717, 1.165) is 0 Å². The number of hydrogen-bond donors (Lipinski definition) is 2. The first-order chi connectivity index (χ1) is 12.3. The molecule has 2 N–H and O–H groups in total. The summed E-state index contributed by atoms with van der Waals surface area (Å²) in [7, 11) is 0. The molecule has 1 atom stereocenters. The summed E-state index contributed by atoms with van der Waals surface area (Å²) >= 11 is 6.03.